The Balaban J connectivity index is 2.24. The molecular weight excluding hydrogens is 384 g/mol. The average Bonchev–Trinajstić information content (AvgIpc) is 3.10. The molecule has 0 bridgehead atoms. The predicted molar refractivity (Wildman–Crippen MR) is 99.0 cm³/mol. The fourth-order valence-electron chi connectivity index (χ4n) is 2.77. The maximum atomic E-state index is 12.4. The van der Waals surface area contributed by atoms with Crippen molar-refractivity contribution in [2.45, 2.75) is 0 Å². The van der Waals surface area contributed by atoms with E-state index in [1.807, 2.05) is 0 Å². The normalized spacial score (nSPS) is 11.3. The van der Waals surface area contributed by atoms with E-state index in [2.05, 4.69) is 24.9 Å². The molecule has 4 aromatic heterocycles. The molecule has 0 saturated carbocycles. The van der Waals surface area contributed by atoms with Crippen molar-refractivity contribution in [3.8, 4) is 21.7 Å². The highest BCUT2D eigenvalue weighted by molar-refractivity contribution is 7.19. The van der Waals surface area contributed by atoms with E-state index >= 15 is 0 Å². The molecule has 0 aliphatic rings. The van der Waals surface area contributed by atoms with Crippen molar-refractivity contribution in [2.75, 3.05) is 5.73 Å². The van der Waals surface area contributed by atoms with E-state index in [-0.39, 0.29) is 28.0 Å². The number of aromatic amines is 5. The van der Waals surface area contributed by atoms with Gasteiger partial charge in [-0.05, 0) is 12.1 Å². The molecule has 4 aromatic rings. The molecule has 4 heterocycles. The van der Waals surface area contributed by atoms with E-state index in [1.54, 1.807) is 12.1 Å². The van der Waals surface area contributed by atoms with Gasteiger partial charge in [0.1, 0.15) is 11.5 Å². The van der Waals surface area contributed by atoms with Gasteiger partial charge in [0, 0.05) is 5.56 Å². The van der Waals surface area contributed by atoms with Crippen LogP contribution in [-0.4, -0.2) is 24.9 Å². The second-order valence-electron chi connectivity index (χ2n) is 5.33. The Kier molecular flexibility index (Phi) is 3.49. The lowest BCUT2D eigenvalue weighted by atomic mass is 10.0. The number of nitrogen functional groups attached to an aromatic ring is 1. The molecule has 0 aliphatic carbocycles. The van der Waals surface area contributed by atoms with Gasteiger partial charge < -0.3 is 10.7 Å². The second-order valence-corrected chi connectivity index (χ2v) is 7.05. The first-order chi connectivity index (χ1) is 12.3. The molecular formula is C14H9ClN6O4S. The van der Waals surface area contributed by atoms with Gasteiger partial charge >= 0.3 is 11.4 Å². The van der Waals surface area contributed by atoms with Gasteiger partial charge in [-0.15, -0.1) is 11.3 Å². The van der Waals surface area contributed by atoms with Crippen LogP contribution in [0, 0.1) is 0 Å². The first-order valence-corrected chi connectivity index (χ1v) is 8.31. The van der Waals surface area contributed by atoms with Crippen LogP contribution in [0.5, 0.6) is 0 Å². The largest absolute Gasteiger partial charge is 0.384 e. The summed E-state index contributed by atoms with van der Waals surface area (Å²) in [6.45, 7) is 0. The van der Waals surface area contributed by atoms with Crippen molar-refractivity contribution in [2.24, 2.45) is 0 Å². The highest BCUT2D eigenvalue weighted by Crippen LogP contribution is 2.39. The van der Waals surface area contributed by atoms with Gasteiger partial charge in [0.05, 0.1) is 25.9 Å². The highest BCUT2D eigenvalue weighted by Gasteiger charge is 2.24. The molecule has 26 heavy (non-hydrogen) atoms. The van der Waals surface area contributed by atoms with Crippen LogP contribution in [0.1, 0.15) is 0 Å². The molecule has 0 fully saturated rings. The van der Waals surface area contributed by atoms with Gasteiger partial charge in [-0.2, -0.15) is 0 Å². The van der Waals surface area contributed by atoms with Gasteiger partial charge in [-0.25, -0.2) is 9.59 Å². The van der Waals surface area contributed by atoms with Gasteiger partial charge in [0.2, 0.25) is 0 Å². The molecule has 0 spiro atoms. The van der Waals surface area contributed by atoms with Crippen molar-refractivity contribution in [1.29, 1.82) is 0 Å². The van der Waals surface area contributed by atoms with Crippen LogP contribution in [0.2, 0.25) is 4.34 Å². The zero-order valence-electron chi connectivity index (χ0n) is 12.7. The topological polar surface area (TPSA) is 173 Å². The van der Waals surface area contributed by atoms with Crippen LogP contribution in [0.4, 0.5) is 5.82 Å². The predicted octanol–water partition coefficient (Wildman–Crippen LogP) is 0.552. The van der Waals surface area contributed by atoms with Crippen molar-refractivity contribution in [1.82, 2.24) is 24.9 Å². The number of hydrogen-bond acceptors (Lipinski definition) is 6. The SMILES string of the molecule is Nc1[nH]c(=O)[nH]c(=O)c1-c1c(-c2ccc(Cl)s2)[nH]c2[nH]c(=O)[nH]c(=O)c12. The summed E-state index contributed by atoms with van der Waals surface area (Å²) in [5.74, 6) is -0.214. The van der Waals surface area contributed by atoms with Gasteiger partial charge in [-0.3, -0.25) is 29.5 Å². The highest BCUT2D eigenvalue weighted by atomic mass is 35.5. The molecule has 132 valence electrons. The molecule has 7 N–H and O–H groups in total. The molecule has 0 unspecified atom stereocenters. The number of fused-ring (bicyclic) bond motifs is 1. The molecule has 0 aliphatic heterocycles. The van der Waals surface area contributed by atoms with Gasteiger partial charge in [-0.1, -0.05) is 11.6 Å². The fourth-order valence-corrected chi connectivity index (χ4v) is 3.82. The van der Waals surface area contributed by atoms with Crippen LogP contribution < -0.4 is 28.2 Å². The number of aromatic nitrogens is 5. The minimum atomic E-state index is -0.779. The van der Waals surface area contributed by atoms with Crippen molar-refractivity contribution in [3.63, 3.8) is 0 Å². The summed E-state index contributed by atoms with van der Waals surface area (Å²) in [4.78, 5) is 60.3. The van der Waals surface area contributed by atoms with E-state index in [0.29, 0.717) is 14.9 Å². The molecule has 10 nitrogen and oxygen atoms in total. The molecule has 0 amide bonds. The summed E-state index contributed by atoms with van der Waals surface area (Å²) < 4.78 is 0.482. The number of rotatable bonds is 2. The Labute approximate surface area is 150 Å². The first kappa shape index (κ1) is 16.2. The van der Waals surface area contributed by atoms with E-state index in [0.717, 1.165) is 0 Å². The Morgan fingerprint density at radius 2 is 1.54 bits per heavy atom. The number of H-pyrrole nitrogens is 5. The van der Waals surface area contributed by atoms with Crippen LogP contribution in [-0.2, 0) is 0 Å². The summed E-state index contributed by atoms with van der Waals surface area (Å²) in [7, 11) is 0. The van der Waals surface area contributed by atoms with E-state index in [1.165, 1.54) is 11.3 Å². The van der Waals surface area contributed by atoms with Crippen LogP contribution in [0.15, 0.2) is 31.3 Å². The minimum Gasteiger partial charge on any atom is -0.384 e. The van der Waals surface area contributed by atoms with Crippen LogP contribution in [0.25, 0.3) is 32.7 Å². The lowest BCUT2D eigenvalue weighted by Gasteiger charge is -2.05. The monoisotopic (exact) mass is 392 g/mol. The zero-order chi connectivity index (χ0) is 18.6. The molecule has 12 heteroatoms. The van der Waals surface area contributed by atoms with Crippen molar-refractivity contribution >= 4 is 39.8 Å². The Hall–Kier alpha value is -3.31. The number of anilines is 1. The minimum absolute atomic E-state index is 0.0216. The quantitative estimate of drug-likeness (QED) is 0.291. The number of thiophene rings is 1. The Morgan fingerprint density at radius 3 is 2.19 bits per heavy atom. The van der Waals surface area contributed by atoms with Crippen LogP contribution in [0.3, 0.4) is 0 Å². The summed E-state index contributed by atoms with van der Waals surface area (Å²) >= 11 is 7.18. The van der Waals surface area contributed by atoms with E-state index < -0.39 is 22.5 Å². The summed E-state index contributed by atoms with van der Waals surface area (Å²) in [6.07, 6.45) is 0. The van der Waals surface area contributed by atoms with E-state index in [4.69, 9.17) is 17.3 Å². The average molecular weight is 393 g/mol. The number of nitrogens with one attached hydrogen (secondary N) is 5. The zero-order valence-corrected chi connectivity index (χ0v) is 14.2. The summed E-state index contributed by atoms with van der Waals surface area (Å²) in [5, 5.41) is 0.0216. The fraction of sp³-hybridized carbons (Fsp3) is 0. The second kappa shape index (κ2) is 5.61. The molecule has 0 atom stereocenters. The third kappa shape index (κ3) is 2.41. The molecule has 0 radical (unpaired) electrons. The number of nitrogens with two attached hydrogens (primary N) is 1. The number of halogens is 1. The summed E-state index contributed by atoms with van der Waals surface area (Å²) in [5.41, 5.74) is 3.36. The maximum Gasteiger partial charge on any atom is 0.327 e. The number of hydrogen-bond donors (Lipinski definition) is 6. The van der Waals surface area contributed by atoms with E-state index in [9.17, 15) is 19.2 Å². The Morgan fingerprint density at radius 1 is 0.846 bits per heavy atom. The maximum absolute atomic E-state index is 12.4. The lowest BCUT2D eigenvalue weighted by molar-refractivity contribution is 1.05. The molecule has 4 rings (SSSR count). The van der Waals surface area contributed by atoms with Gasteiger partial charge in [0.25, 0.3) is 11.1 Å². The van der Waals surface area contributed by atoms with Gasteiger partial charge in [0.15, 0.2) is 0 Å². The third-order valence-corrected chi connectivity index (χ3v) is 4.98. The third-order valence-electron chi connectivity index (χ3n) is 3.73. The smallest absolute Gasteiger partial charge is 0.327 e. The molecule has 0 saturated heterocycles. The Bertz CT molecular complexity index is 1400. The van der Waals surface area contributed by atoms with Crippen molar-refractivity contribution in [3.05, 3.63) is 58.1 Å². The summed E-state index contributed by atoms with van der Waals surface area (Å²) in [6, 6.07) is 3.33. The first-order valence-electron chi connectivity index (χ1n) is 7.11. The van der Waals surface area contributed by atoms with Crippen molar-refractivity contribution < 1.29 is 0 Å². The molecule has 0 aromatic carbocycles. The lowest BCUT2D eigenvalue weighted by Crippen LogP contribution is -2.26. The standard InChI is InChI=1S/C14H9ClN6O4S/c15-4-2-1-3(26-4)8-5(6-9(16)18-13(24)20-11(6)22)7-10(17-8)19-14(25)21-12(7)23/h1-2H,(H4,16,18,20,22,24)(H3,17,19,21,23,25). The van der Waals surface area contributed by atoms with Crippen LogP contribution >= 0.6 is 22.9 Å².